The first-order chi connectivity index (χ1) is 7.09. The molecule has 0 heterocycles. The van der Waals surface area contributed by atoms with Crippen LogP contribution >= 0.6 is 15.9 Å². The molecule has 1 rings (SSSR count). The lowest BCUT2D eigenvalue weighted by Crippen LogP contribution is -2.32. The summed E-state index contributed by atoms with van der Waals surface area (Å²) >= 11 is 3.44. The Labute approximate surface area is 101 Å². The van der Waals surface area contributed by atoms with Gasteiger partial charge in [-0.3, -0.25) is 0 Å². The first-order valence-electron chi connectivity index (χ1n) is 5.29. The van der Waals surface area contributed by atoms with Gasteiger partial charge in [-0.25, -0.2) is 0 Å². The maximum absolute atomic E-state index is 3.44. The van der Waals surface area contributed by atoms with E-state index in [0.717, 1.165) is 17.6 Å². The average molecular weight is 271 g/mol. The van der Waals surface area contributed by atoms with Crippen LogP contribution in [-0.4, -0.2) is 26.2 Å². The van der Waals surface area contributed by atoms with Crippen LogP contribution in [0.15, 0.2) is 28.7 Å². The standard InChI is InChI=1S/C12H19BrN2/c1-10(2)14-8-9-15(3)12-6-4-11(13)5-7-12/h4-7,10,14H,8-9H2,1-3H3. The molecule has 0 aromatic heterocycles. The monoisotopic (exact) mass is 270 g/mol. The molecule has 0 radical (unpaired) electrons. The molecule has 0 aliphatic heterocycles. The Bertz CT molecular complexity index is 282. The second kappa shape index (κ2) is 6.13. The zero-order valence-electron chi connectivity index (χ0n) is 9.63. The highest BCUT2D eigenvalue weighted by Crippen LogP contribution is 2.16. The fraction of sp³-hybridized carbons (Fsp3) is 0.500. The number of likely N-dealkylation sites (N-methyl/N-ethyl adjacent to an activating group) is 1. The quantitative estimate of drug-likeness (QED) is 0.885. The molecule has 2 nitrogen and oxygen atoms in total. The number of nitrogens with one attached hydrogen (secondary N) is 1. The molecule has 0 aliphatic carbocycles. The van der Waals surface area contributed by atoms with Gasteiger partial charge in [0, 0.05) is 36.3 Å². The zero-order valence-corrected chi connectivity index (χ0v) is 11.2. The average Bonchev–Trinajstić information content (AvgIpc) is 2.18. The molecule has 1 aromatic carbocycles. The molecule has 0 spiro atoms. The van der Waals surface area contributed by atoms with Crippen LogP contribution in [0, 0.1) is 0 Å². The largest absolute Gasteiger partial charge is 0.373 e. The summed E-state index contributed by atoms with van der Waals surface area (Å²) in [7, 11) is 2.12. The SMILES string of the molecule is CC(C)NCCN(C)c1ccc(Br)cc1. The molecule has 0 unspecified atom stereocenters. The molecule has 15 heavy (non-hydrogen) atoms. The normalized spacial score (nSPS) is 10.7. The Balaban J connectivity index is 2.40. The molecule has 0 saturated heterocycles. The summed E-state index contributed by atoms with van der Waals surface area (Å²) in [5.74, 6) is 0. The van der Waals surface area contributed by atoms with Crippen LogP contribution in [0.3, 0.4) is 0 Å². The summed E-state index contributed by atoms with van der Waals surface area (Å²) in [5.41, 5.74) is 1.25. The van der Waals surface area contributed by atoms with Crippen molar-refractivity contribution in [3.05, 3.63) is 28.7 Å². The molecule has 0 bridgehead atoms. The van der Waals surface area contributed by atoms with Gasteiger partial charge in [-0.2, -0.15) is 0 Å². The maximum atomic E-state index is 3.44. The van der Waals surface area contributed by atoms with Crippen LogP contribution in [0.5, 0.6) is 0 Å². The van der Waals surface area contributed by atoms with Crippen molar-refractivity contribution in [2.24, 2.45) is 0 Å². The first kappa shape index (κ1) is 12.5. The van der Waals surface area contributed by atoms with Gasteiger partial charge in [0.15, 0.2) is 0 Å². The second-order valence-electron chi connectivity index (χ2n) is 4.01. The molecular weight excluding hydrogens is 252 g/mol. The lowest BCUT2D eigenvalue weighted by molar-refractivity contribution is 0.589. The highest BCUT2D eigenvalue weighted by molar-refractivity contribution is 9.10. The number of benzene rings is 1. The van der Waals surface area contributed by atoms with Crippen LogP contribution in [0.2, 0.25) is 0 Å². The molecule has 84 valence electrons. The van der Waals surface area contributed by atoms with Crippen molar-refractivity contribution in [3.8, 4) is 0 Å². The van der Waals surface area contributed by atoms with E-state index in [2.05, 4.69) is 71.3 Å². The van der Waals surface area contributed by atoms with E-state index < -0.39 is 0 Å². The third-order valence-electron chi connectivity index (χ3n) is 2.27. The van der Waals surface area contributed by atoms with Crippen molar-refractivity contribution in [2.45, 2.75) is 19.9 Å². The van der Waals surface area contributed by atoms with Crippen molar-refractivity contribution in [2.75, 3.05) is 25.0 Å². The van der Waals surface area contributed by atoms with Gasteiger partial charge >= 0.3 is 0 Å². The molecule has 0 fully saturated rings. The summed E-state index contributed by atoms with van der Waals surface area (Å²) in [6.45, 7) is 6.38. The second-order valence-corrected chi connectivity index (χ2v) is 4.92. The van der Waals surface area contributed by atoms with Gasteiger partial charge in [0.05, 0.1) is 0 Å². The van der Waals surface area contributed by atoms with E-state index in [9.17, 15) is 0 Å². The van der Waals surface area contributed by atoms with E-state index in [1.165, 1.54) is 5.69 Å². The number of anilines is 1. The molecular formula is C12H19BrN2. The minimum atomic E-state index is 0.559. The van der Waals surface area contributed by atoms with Gasteiger partial charge in [-0.1, -0.05) is 29.8 Å². The van der Waals surface area contributed by atoms with E-state index in [-0.39, 0.29) is 0 Å². The van der Waals surface area contributed by atoms with Crippen molar-refractivity contribution in [1.29, 1.82) is 0 Å². The van der Waals surface area contributed by atoms with Gasteiger partial charge in [0.2, 0.25) is 0 Å². The summed E-state index contributed by atoms with van der Waals surface area (Å²) in [6.07, 6.45) is 0. The highest BCUT2D eigenvalue weighted by Gasteiger charge is 2.00. The zero-order chi connectivity index (χ0) is 11.3. The number of rotatable bonds is 5. The minimum Gasteiger partial charge on any atom is -0.373 e. The predicted octanol–water partition coefficient (Wildman–Crippen LogP) is 2.88. The Morgan fingerprint density at radius 3 is 2.40 bits per heavy atom. The van der Waals surface area contributed by atoms with E-state index in [0.29, 0.717) is 6.04 Å². The predicted molar refractivity (Wildman–Crippen MR) is 70.6 cm³/mol. The van der Waals surface area contributed by atoms with Crippen LogP contribution in [0.4, 0.5) is 5.69 Å². The smallest absolute Gasteiger partial charge is 0.0364 e. The van der Waals surface area contributed by atoms with Gasteiger partial charge in [-0.15, -0.1) is 0 Å². The Morgan fingerprint density at radius 1 is 1.27 bits per heavy atom. The molecule has 0 amide bonds. The highest BCUT2D eigenvalue weighted by atomic mass is 79.9. The number of nitrogens with zero attached hydrogens (tertiary/aromatic N) is 1. The van der Waals surface area contributed by atoms with Crippen molar-refractivity contribution in [1.82, 2.24) is 5.32 Å². The fourth-order valence-corrected chi connectivity index (χ4v) is 1.61. The fourth-order valence-electron chi connectivity index (χ4n) is 1.35. The molecule has 0 atom stereocenters. The molecule has 1 aromatic rings. The first-order valence-corrected chi connectivity index (χ1v) is 6.09. The Kier molecular flexibility index (Phi) is 5.12. The van der Waals surface area contributed by atoms with E-state index in [1.807, 2.05) is 0 Å². The number of hydrogen-bond acceptors (Lipinski definition) is 2. The molecule has 3 heteroatoms. The lowest BCUT2D eigenvalue weighted by Gasteiger charge is -2.20. The molecule has 1 N–H and O–H groups in total. The van der Waals surface area contributed by atoms with Crippen LogP contribution in [0.1, 0.15) is 13.8 Å². The number of halogens is 1. The molecule has 0 aliphatic rings. The Hall–Kier alpha value is -0.540. The lowest BCUT2D eigenvalue weighted by atomic mass is 10.3. The van der Waals surface area contributed by atoms with E-state index in [4.69, 9.17) is 0 Å². The van der Waals surface area contributed by atoms with Gasteiger partial charge < -0.3 is 10.2 Å². The van der Waals surface area contributed by atoms with Gasteiger partial charge in [-0.05, 0) is 24.3 Å². The molecule has 0 saturated carbocycles. The topological polar surface area (TPSA) is 15.3 Å². The van der Waals surface area contributed by atoms with Gasteiger partial charge in [0.1, 0.15) is 0 Å². The van der Waals surface area contributed by atoms with E-state index >= 15 is 0 Å². The van der Waals surface area contributed by atoms with Crippen LogP contribution in [0.25, 0.3) is 0 Å². The van der Waals surface area contributed by atoms with Crippen molar-refractivity contribution >= 4 is 21.6 Å². The van der Waals surface area contributed by atoms with E-state index in [1.54, 1.807) is 0 Å². The summed E-state index contributed by atoms with van der Waals surface area (Å²) in [5, 5.41) is 3.41. The van der Waals surface area contributed by atoms with Crippen molar-refractivity contribution < 1.29 is 0 Å². The third kappa shape index (κ3) is 4.67. The summed E-state index contributed by atoms with van der Waals surface area (Å²) in [6, 6.07) is 8.95. The summed E-state index contributed by atoms with van der Waals surface area (Å²) in [4.78, 5) is 2.25. The minimum absolute atomic E-state index is 0.559. The van der Waals surface area contributed by atoms with Crippen LogP contribution in [-0.2, 0) is 0 Å². The Morgan fingerprint density at radius 2 is 1.87 bits per heavy atom. The maximum Gasteiger partial charge on any atom is 0.0364 e. The van der Waals surface area contributed by atoms with Crippen LogP contribution < -0.4 is 10.2 Å². The van der Waals surface area contributed by atoms with Crippen molar-refractivity contribution in [3.63, 3.8) is 0 Å². The third-order valence-corrected chi connectivity index (χ3v) is 2.80. The number of hydrogen-bond donors (Lipinski definition) is 1. The van der Waals surface area contributed by atoms with Gasteiger partial charge in [0.25, 0.3) is 0 Å². The summed E-state index contributed by atoms with van der Waals surface area (Å²) < 4.78 is 1.12.